The first-order valence-electron chi connectivity index (χ1n) is 13.5. The Hall–Kier alpha value is -3.03. The highest BCUT2D eigenvalue weighted by atomic mass is 35.5. The van der Waals surface area contributed by atoms with Crippen LogP contribution in [0.1, 0.15) is 33.9 Å². The third-order valence-electron chi connectivity index (χ3n) is 8.26. The highest BCUT2D eigenvalue weighted by Gasteiger charge is 2.48. The number of nitrogens with one attached hydrogen (secondary N) is 2. The number of hydrogen-bond acceptors (Lipinski definition) is 9. The van der Waals surface area contributed by atoms with Crippen LogP contribution in [0.25, 0.3) is 11.2 Å². The van der Waals surface area contributed by atoms with Crippen molar-refractivity contribution in [3.8, 4) is 6.01 Å². The van der Waals surface area contributed by atoms with E-state index in [9.17, 15) is 9.90 Å². The fourth-order valence-electron chi connectivity index (χ4n) is 6.08. The zero-order valence-corrected chi connectivity index (χ0v) is 22.7. The number of likely N-dealkylation sites (N-methyl/N-ethyl adjacent to an activating group) is 1. The molecule has 11 nitrogen and oxygen atoms in total. The van der Waals surface area contributed by atoms with Gasteiger partial charge in [-0.1, -0.05) is 11.6 Å². The fraction of sp³-hybridized carbons (Fsp3) is 0.519. The van der Waals surface area contributed by atoms with E-state index in [0.717, 1.165) is 18.7 Å². The number of imidazole rings is 1. The third kappa shape index (κ3) is 4.57. The number of pyridine rings is 1. The number of aliphatic hydroxyl groups is 1. The molecular weight excluding hydrogens is 543 g/mol. The Morgan fingerprint density at radius 2 is 1.98 bits per heavy atom. The molecule has 3 N–H and O–H groups in total. The van der Waals surface area contributed by atoms with Crippen LogP contribution in [-0.4, -0.2) is 107 Å². The molecule has 13 heteroatoms. The average molecular weight is 573 g/mol. The normalized spacial score (nSPS) is 28.2. The van der Waals surface area contributed by atoms with E-state index in [1.165, 1.54) is 6.07 Å². The summed E-state index contributed by atoms with van der Waals surface area (Å²) in [5.74, 6) is -0.157. The predicted octanol–water partition coefficient (Wildman–Crippen LogP) is 2.14. The number of nitrogens with zero attached hydrogens (tertiary/aromatic N) is 4. The van der Waals surface area contributed by atoms with Gasteiger partial charge in [0.25, 0.3) is 11.9 Å². The van der Waals surface area contributed by atoms with Crippen molar-refractivity contribution >= 4 is 34.5 Å². The number of ether oxygens (including phenoxy) is 3. The Labute approximate surface area is 234 Å². The van der Waals surface area contributed by atoms with E-state index in [1.54, 1.807) is 11.0 Å². The van der Waals surface area contributed by atoms with Crippen LogP contribution in [0.15, 0.2) is 18.2 Å². The molecular formula is C27H30ClFN6O5. The lowest BCUT2D eigenvalue weighted by molar-refractivity contribution is 0.00706. The van der Waals surface area contributed by atoms with Gasteiger partial charge in [-0.15, -0.1) is 0 Å². The Balaban J connectivity index is 1.07. The number of aromatic nitrogens is 3. The summed E-state index contributed by atoms with van der Waals surface area (Å²) < 4.78 is 32.6. The molecule has 0 radical (unpaired) electrons. The van der Waals surface area contributed by atoms with E-state index >= 15 is 4.39 Å². The molecule has 40 heavy (non-hydrogen) atoms. The first-order chi connectivity index (χ1) is 19.3. The van der Waals surface area contributed by atoms with Crippen molar-refractivity contribution in [2.45, 2.75) is 43.3 Å². The summed E-state index contributed by atoms with van der Waals surface area (Å²) in [6, 6.07) is 4.75. The second kappa shape index (κ2) is 10.1. The molecule has 0 bridgehead atoms. The molecule has 1 unspecified atom stereocenters. The first kappa shape index (κ1) is 25.9. The number of rotatable bonds is 5. The molecule has 1 aromatic carbocycles. The number of aliphatic hydroxyl groups excluding tert-OH is 1. The van der Waals surface area contributed by atoms with Gasteiger partial charge in [0.15, 0.2) is 11.8 Å². The maximum absolute atomic E-state index is 15.4. The van der Waals surface area contributed by atoms with E-state index in [-0.39, 0.29) is 37.3 Å². The number of carbonyl (C=O) groups is 1. The molecule has 3 aliphatic heterocycles. The summed E-state index contributed by atoms with van der Waals surface area (Å²) in [6.07, 6.45) is -0.588. The summed E-state index contributed by atoms with van der Waals surface area (Å²) >= 11 is 6.55. The van der Waals surface area contributed by atoms with Crippen molar-refractivity contribution in [2.75, 3.05) is 51.8 Å². The molecule has 7 rings (SSSR count). The molecule has 1 amide bonds. The number of anilines is 1. The van der Waals surface area contributed by atoms with Gasteiger partial charge >= 0.3 is 0 Å². The Bertz CT molecular complexity index is 1460. The van der Waals surface area contributed by atoms with E-state index in [0.29, 0.717) is 59.1 Å². The van der Waals surface area contributed by atoms with Crippen LogP contribution in [-0.2, 0) is 15.9 Å². The van der Waals surface area contributed by atoms with Gasteiger partial charge in [-0.3, -0.25) is 4.79 Å². The molecule has 1 aliphatic carbocycles. The zero-order chi connectivity index (χ0) is 27.5. The molecule has 4 aliphatic rings. The molecule has 0 saturated carbocycles. The lowest BCUT2D eigenvalue weighted by Gasteiger charge is -2.32. The molecule has 0 spiro atoms. The van der Waals surface area contributed by atoms with Gasteiger partial charge < -0.3 is 39.4 Å². The van der Waals surface area contributed by atoms with Gasteiger partial charge in [0.1, 0.15) is 29.9 Å². The summed E-state index contributed by atoms with van der Waals surface area (Å²) in [4.78, 5) is 29.1. The molecule has 3 fully saturated rings. The summed E-state index contributed by atoms with van der Waals surface area (Å²) in [6.45, 7) is 3.37. The SMILES string of the molecule is CN1CCN(C(=O)c2cc(F)c3c(c2)CCC3Nc2nc3nc(O[C@@H]4CO[C@H]5[C@@H]4OC[C@H]5O)[nH]c3cc2Cl)CC1. The van der Waals surface area contributed by atoms with Crippen molar-refractivity contribution in [1.29, 1.82) is 0 Å². The van der Waals surface area contributed by atoms with Crippen molar-refractivity contribution < 1.29 is 28.5 Å². The number of aryl methyl sites for hydroxylation is 1. The molecule has 3 aromatic rings. The van der Waals surface area contributed by atoms with Crippen LogP contribution in [0, 0.1) is 5.82 Å². The Morgan fingerprint density at radius 3 is 2.80 bits per heavy atom. The van der Waals surface area contributed by atoms with E-state index < -0.39 is 24.1 Å². The summed E-state index contributed by atoms with van der Waals surface area (Å²) in [5, 5.41) is 13.6. The summed E-state index contributed by atoms with van der Waals surface area (Å²) in [7, 11) is 2.03. The van der Waals surface area contributed by atoms with Gasteiger partial charge in [-0.25, -0.2) is 9.37 Å². The third-order valence-corrected chi connectivity index (χ3v) is 8.55. The van der Waals surface area contributed by atoms with Crippen molar-refractivity contribution in [1.82, 2.24) is 24.8 Å². The molecule has 5 heterocycles. The topological polar surface area (TPSA) is 125 Å². The van der Waals surface area contributed by atoms with E-state index in [2.05, 4.69) is 25.2 Å². The number of piperazine rings is 1. The number of benzene rings is 1. The Morgan fingerprint density at radius 1 is 1.18 bits per heavy atom. The van der Waals surface area contributed by atoms with Gasteiger partial charge in [0.05, 0.1) is 29.8 Å². The van der Waals surface area contributed by atoms with Crippen LogP contribution in [0.2, 0.25) is 5.02 Å². The largest absolute Gasteiger partial charge is 0.456 e. The monoisotopic (exact) mass is 572 g/mol. The predicted molar refractivity (Wildman–Crippen MR) is 143 cm³/mol. The van der Waals surface area contributed by atoms with Gasteiger partial charge in [-0.2, -0.15) is 4.98 Å². The lowest BCUT2D eigenvalue weighted by Crippen LogP contribution is -2.47. The number of amides is 1. The van der Waals surface area contributed by atoms with Crippen molar-refractivity contribution in [3.63, 3.8) is 0 Å². The average Bonchev–Trinajstić information content (AvgIpc) is 3.71. The minimum Gasteiger partial charge on any atom is -0.456 e. The zero-order valence-electron chi connectivity index (χ0n) is 21.9. The minimum absolute atomic E-state index is 0.131. The van der Waals surface area contributed by atoms with Gasteiger partial charge in [-0.05, 0) is 43.7 Å². The minimum atomic E-state index is -0.669. The number of hydrogen-bond donors (Lipinski definition) is 3. The quantitative estimate of drug-likeness (QED) is 0.422. The van der Waals surface area contributed by atoms with Gasteiger partial charge in [0, 0.05) is 37.3 Å². The maximum Gasteiger partial charge on any atom is 0.296 e. The molecule has 212 valence electrons. The van der Waals surface area contributed by atoms with E-state index in [4.69, 9.17) is 25.8 Å². The van der Waals surface area contributed by atoms with Crippen LogP contribution >= 0.6 is 11.6 Å². The number of aromatic amines is 1. The standard InChI is InChI=1S/C27H30ClFN6O5/c1-34-4-6-35(7-5-34)26(37)14-8-13-2-3-17(21(13)16(29)9-14)30-24-15(28)10-18-25(32-24)33-27(31-18)40-20-12-39-22-19(36)11-38-23(20)22/h8-10,17,19-20,22-23,36H,2-7,11-12H2,1H3,(H2,30,31,32,33)/t17?,19-,20-,22-,23-/m1/s1. The molecule has 5 atom stereocenters. The molecule has 2 aromatic heterocycles. The first-order valence-corrected chi connectivity index (χ1v) is 13.9. The number of carbonyl (C=O) groups excluding carboxylic acids is 1. The number of halogens is 2. The Kier molecular flexibility index (Phi) is 6.55. The van der Waals surface area contributed by atoms with Crippen LogP contribution < -0.4 is 10.1 Å². The van der Waals surface area contributed by atoms with Crippen LogP contribution in [0.3, 0.4) is 0 Å². The second-order valence-corrected chi connectivity index (χ2v) is 11.3. The number of fused-ring (bicyclic) bond motifs is 3. The summed E-state index contributed by atoms with van der Waals surface area (Å²) in [5.41, 5.74) is 2.71. The second-order valence-electron chi connectivity index (χ2n) is 10.9. The van der Waals surface area contributed by atoms with Crippen LogP contribution in [0.5, 0.6) is 6.01 Å². The van der Waals surface area contributed by atoms with Crippen molar-refractivity contribution in [2.24, 2.45) is 0 Å². The fourth-order valence-corrected chi connectivity index (χ4v) is 6.29. The number of H-pyrrole nitrogens is 1. The highest BCUT2D eigenvalue weighted by molar-refractivity contribution is 6.33. The van der Waals surface area contributed by atoms with Crippen molar-refractivity contribution in [3.05, 3.63) is 45.7 Å². The maximum atomic E-state index is 15.4. The van der Waals surface area contributed by atoms with E-state index in [1.807, 2.05) is 13.1 Å². The van der Waals surface area contributed by atoms with Gasteiger partial charge in [0.2, 0.25) is 0 Å². The lowest BCUT2D eigenvalue weighted by atomic mass is 10.0. The smallest absolute Gasteiger partial charge is 0.296 e. The highest BCUT2D eigenvalue weighted by Crippen LogP contribution is 2.38. The van der Waals surface area contributed by atoms with Crippen LogP contribution in [0.4, 0.5) is 10.2 Å². The molecule has 3 saturated heterocycles.